The Labute approximate surface area is 129 Å². The van der Waals surface area contributed by atoms with Gasteiger partial charge in [0.15, 0.2) is 0 Å². The van der Waals surface area contributed by atoms with Crippen molar-refractivity contribution >= 4 is 23.4 Å². The van der Waals surface area contributed by atoms with E-state index in [9.17, 15) is 4.79 Å². The molecule has 0 spiro atoms. The Kier molecular flexibility index (Phi) is 4.18. The second kappa shape index (κ2) is 6.43. The first kappa shape index (κ1) is 14.3. The zero-order valence-corrected chi connectivity index (χ0v) is 12.5. The minimum Gasteiger partial charge on any atom is -0.465 e. The van der Waals surface area contributed by atoms with Crippen molar-refractivity contribution in [3.63, 3.8) is 0 Å². The molecule has 114 valence electrons. The second-order valence-corrected chi connectivity index (χ2v) is 5.13. The van der Waals surface area contributed by atoms with Crippen molar-refractivity contribution in [2.24, 2.45) is 0 Å². The van der Waals surface area contributed by atoms with Crippen LogP contribution in [0, 0.1) is 0 Å². The van der Waals surface area contributed by atoms with Crippen molar-refractivity contribution in [2.75, 3.05) is 30.4 Å². The van der Waals surface area contributed by atoms with Crippen LogP contribution in [-0.2, 0) is 4.74 Å². The highest BCUT2D eigenvalue weighted by Gasteiger charge is 2.14. The first-order valence-electron chi connectivity index (χ1n) is 7.29. The van der Waals surface area contributed by atoms with Gasteiger partial charge in [-0.05, 0) is 37.1 Å². The zero-order chi connectivity index (χ0) is 15.4. The number of rotatable bonds is 4. The summed E-state index contributed by atoms with van der Waals surface area (Å²) in [6, 6.07) is 8.99. The van der Waals surface area contributed by atoms with E-state index in [1.807, 2.05) is 12.1 Å². The third kappa shape index (κ3) is 3.16. The maximum atomic E-state index is 11.6. The highest BCUT2D eigenvalue weighted by molar-refractivity contribution is 5.90. The van der Waals surface area contributed by atoms with E-state index in [4.69, 9.17) is 4.74 Å². The van der Waals surface area contributed by atoms with Crippen molar-refractivity contribution in [3.8, 4) is 0 Å². The van der Waals surface area contributed by atoms with Crippen LogP contribution in [-0.4, -0.2) is 36.1 Å². The van der Waals surface area contributed by atoms with Gasteiger partial charge in [-0.2, -0.15) is 4.98 Å². The van der Waals surface area contributed by atoms with Gasteiger partial charge in [-0.15, -0.1) is 0 Å². The molecule has 0 saturated carbocycles. The molecule has 3 rings (SSSR count). The van der Waals surface area contributed by atoms with Crippen LogP contribution in [0.25, 0.3) is 0 Å². The minimum absolute atomic E-state index is 0.365. The van der Waals surface area contributed by atoms with Crippen LogP contribution in [0.4, 0.5) is 17.5 Å². The third-order valence-corrected chi connectivity index (χ3v) is 3.61. The average molecular weight is 298 g/mol. The van der Waals surface area contributed by atoms with E-state index in [0.29, 0.717) is 11.5 Å². The lowest BCUT2D eigenvalue weighted by Gasteiger charge is -2.16. The van der Waals surface area contributed by atoms with Gasteiger partial charge in [0.1, 0.15) is 5.82 Å². The zero-order valence-electron chi connectivity index (χ0n) is 12.5. The van der Waals surface area contributed by atoms with E-state index in [1.54, 1.807) is 24.4 Å². The maximum absolute atomic E-state index is 11.6. The fourth-order valence-corrected chi connectivity index (χ4v) is 2.50. The second-order valence-electron chi connectivity index (χ2n) is 5.13. The number of nitrogens with zero attached hydrogens (tertiary/aromatic N) is 3. The summed E-state index contributed by atoms with van der Waals surface area (Å²) in [7, 11) is 1.37. The van der Waals surface area contributed by atoms with Crippen LogP contribution in [0.1, 0.15) is 23.2 Å². The number of carbonyl (C=O) groups is 1. The predicted molar refractivity (Wildman–Crippen MR) is 84.5 cm³/mol. The number of benzene rings is 1. The summed E-state index contributed by atoms with van der Waals surface area (Å²) in [6.07, 6.45) is 4.15. The molecule has 0 unspecified atom stereocenters. The van der Waals surface area contributed by atoms with Crippen LogP contribution in [0.15, 0.2) is 36.5 Å². The molecule has 2 aromatic rings. The number of anilines is 3. The van der Waals surface area contributed by atoms with E-state index in [0.717, 1.165) is 24.6 Å². The smallest absolute Gasteiger partial charge is 0.337 e. The molecule has 6 heteroatoms. The van der Waals surface area contributed by atoms with E-state index in [-0.39, 0.29) is 5.97 Å². The highest BCUT2D eigenvalue weighted by atomic mass is 16.5. The quantitative estimate of drug-likeness (QED) is 0.875. The van der Waals surface area contributed by atoms with Crippen LogP contribution in [0.5, 0.6) is 0 Å². The highest BCUT2D eigenvalue weighted by Crippen LogP contribution is 2.20. The molecule has 1 saturated heterocycles. The summed E-state index contributed by atoms with van der Waals surface area (Å²) in [4.78, 5) is 22.6. The summed E-state index contributed by atoms with van der Waals surface area (Å²) in [5.74, 6) is 1.08. The number of hydrogen-bond acceptors (Lipinski definition) is 6. The summed E-state index contributed by atoms with van der Waals surface area (Å²) in [5.41, 5.74) is 1.24. The van der Waals surface area contributed by atoms with Gasteiger partial charge in [0, 0.05) is 25.0 Å². The van der Waals surface area contributed by atoms with E-state index in [1.165, 1.54) is 20.0 Å². The monoisotopic (exact) mass is 298 g/mol. The summed E-state index contributed by atoms with van der Waals surface area (Å²) < 4.78 is 4.72. The Bertz CT molecular complexity index is 669. The van der Waals surface area contributed by atoms with E-state index < -0.39 is 0 Å². The van der Waals surface area contributed by atoms with Gasteiger partial charge in [-0.25, -0.2) is 9.78 Å². The van der Waals surface area contributed by atoms with Gasteiger partial charge < -0.3 is 15.0 Å². The molecular weight excluding hydrogens is 280 g/mol. The molecule has 6 nitrogen and oxygen atoms in total. The van der Waals surface area contributed by atoms with Crippen molar-refractivity contribution in [2.45, 2.75) is 12.8 Å². The third-order valence-electron chi connectivity index (χ3n) is 3.61. The minimum atomic E-state index is -0.365. The molecule has 1 aromatic carbocycles. The Balaban J connectivity index is 1.78. The van der Waals surface area contributed by atoms with Crippen molar-refractivity contribution in [1.29, 1.82) is 0 Å². The number of ether oxygens (including phenoxy) is 1. The standard InChI is InChI=1S/C16H18N4O2/c1-22-15(21)12-5-4-6-13(11-12)18-16-17-8-7-14(19-16)20-9-2-3-10-20/h4-8,11H,2-3,9-10H2,1H3,(H,17,18,19). The molecule has 2 heterocycles. The van der Waals surface area contributed by atoms with Gasteiger partial charge in [0.25, 0.3) is 0 Å². The van der Waals surface area contributed by atoms with Gasteiger partial charge in [-0.1, -0.05) is 6.07 Å². The lowest BCUT2D eigenvalue weighted by atomic mass is 10.2. The summed E-state index contributed by atoms with van der Waals surface area (Å²) in [5, 5.41) is 3.13. The number of hydrogen-bond donors (Lipinski definition) is 1. The normalized spacial score (nSPS) is 14.0. The molecular formula is C16H18N4O2. The molecule has 1 aromatic heterocycles. The van der Waals surface area contributed by atoms with Crippen molar-refractivity contribution < 1.29 is 9.53 Å². The molecule has 22 heavy (non-hydrogen) atoms. The largest absolute Gasteiger partial charge is 0.465 e. The Morgan fingerprint density at radius 3 is 2.86 bits per heavy atom. The van der Waals surface area contributed by atoms with Crippen LogP contribution < -0.4 is 10.2 Å². The number of methoxy groups -OCH3 is 1. The van der Waals surface area contributed by atoms with Crippen LogP contribution in [0.3, 0.4) is 0 Å². The van der Waals surface area contributed by atoms with Crippen LogP contribution in [0.2, 0.25) is 0 Å². The molecule has 1 aliphatic rings. The molecule has 1 N–H and O–H groups in total. The Morgan fingerprint density at radius 2 is 2.09 bits per heavy atom. The summed E-state index contributed by atoms with van der Waals surface area (Å²) >= 11 is 0. The molecule has 0 amide bonds. The SMILES string of the molecule is COC(=O)c1cccc(Nc2nccc(N3CCCC3)n2)c1. The topological polar surface area (TPSA) is 67.3 Å². The molecule has 0 radical (unpaired) electrons. The lowest BCUT2D eigenvalue weighted by molar-refractivity contribution is 0.0601. The summed E-state index contributed by atoms with van der Waals surface area (Å²) in [6.45, 7) is 2.07. The first-order chi connectivity index (χ1) is 10.8. The fourth-order valence-electron chi connectivity index (χ4n) is 2.50. The number of carbonyl (C=O) groups excluding carboxylic acids is 1. The fraction of sp³-hybridized carbons (Fsp3) is 0.312. The number of esters is 1. The molecule has 1 aliphatic heterocycles. The molecule has 1 fully saturated rings. The van der Waals surface area contributed by atoms with Gasteiger partial charge in [-0.3, -0.25) is 0 Å². The maximum Gasteiger partial charge on any atom is 0.337 e. The van der Waals surface area contributed by atoms with E-state index in [2.05, 4.69) is 20.2 Å². The van der Waals surface area contributed by atoms with Crippen LogP contribution >= 0.6 is 0 Å². The predicted octanol–water partition coefficient (Wildman–Crippen LogP) is 2.61. The Hall–Kier alpha value is -2.63. The molecule has 0 atom stereocenters. The van der Waals surface area contributed by atoms with Gasteiger partial charge >= 0.3 is 5.97 Å². The van der Waals surface area contributed by atoms with Gasteiger partial charge in [0.2, 0.25) is 5.95 Å². The molecule has 0 bridgehead atoms. The lowest BCUT2D eigenvalue weighted by Crippen LogP contribution is -2.19. The van der Waals surface area contributed by atoms with Gasteiger partial charge in [0.05, 0.1) is 12.7 Å². The average Bonchev–Trinajstić information content (AvgIpc) is 3.09. The molecule has 0 aliphatic carbocycles. The number of aromatic nitrogens is 2. The van der Waals surface area contributed by atoms with Crippen molar-refractivity contribution in [1.82, 2.24) is 9.97 Å². The Morgan fingerprint density at radius 1 is 1.27 bits per heavy atom. The first-order valence-corrected chi connectivity index (χ1v) is 7.29. The van der Waals surface area contributed by atoms with Crippen molar-refractivity contribution in [3.05, 3.63) is 42.1 Å². The van der Waals surface area contributed by atoms with E-state index >= 15 is 0 Å². The number of nitrogens with one attached hydrogen (secondary N) is 1.